The molecule has 0 radical (unpaired) electrons. The summed E-state index contributed by atoms with van der Waals surface area (Å²) in [6.45, 7) is 10.4. The third-order valence-corrected chi connectivity index (χ3v) is 4.87. The Bertz CT molecular complexity index is 728. The second-order valence-electron chi connectivity index (χ2n) is 6.41. The van der Waals surface area contributed by atoms with Crippen LogP contribution in [0.2, 0.25) is 0 Å². The maximum absolute atomic E-state index is 12.2. The minimum atomic E-state index is -0.0835. The zero-order chi connectivity index (χ0) is 17.7. The van der Waals surface area contributed by atoms with Gasteiger partial charge in [0.15, 0.2) is 0 Å². The van der Waals surface area contributed by atoms with E-state index in [-0.39, 0.29) is 17.9 Å². The van der Waals surface area contributed by atoms with Crippen LogP contribution >= 0.6 is 11.3 Å². The minimum absolute atomic E-state index is 0.0419. The highest BCUT2D eigenvalue weighted by atomic mass is 32.1. The van der Waals surface area contributed by atoms with Crippen molar-refractivity contribution in [2.24, 2.45) is 0 Å². The Hall–Kier alpha value is -1.73. The van der Waals surface area contributed by atoms with Crippen molar-refractivity contribution in [3.8, 4) is 0 Å². The lowest BCUT2D eigenvalue weighted by molar-refractivity contribution is -0.121. The average Bonchev–Trinajstić information content (AvgIpc) is 2.99. The van der Waals surface area contributed by atoms with Gasteiger partial charge in [-0.1, -0.05) is 0 Å². The molecule has 6 nitrogen and oxygen atoms in total. The van der Waals surface area contributed by atoms with Crippen molar-refractivity contribution in [2.45, 2.75) is 52.7 Å². The maximum atomic E-state index is 12.2. The second-order valence-corrected chi connectivity index (χ2v) is 7.30. The summed E-state index contributed by atoms with van der Waals surface area (Å²) in [6.07, 6.45) is 1.80. The van der Waals surface area contributed by atoms with Gasteiger partial charge < -0.3 is 5.32 Å². The monoisotopic (exact) mass is 350 g/mol. The number of aryl methyl sites for hydroxylation is 1. The van der Waals surface area contributed by atoms with Crippen molar-refractivity contribution >= 4 is 27.5 Å². The number of hydrogen-bond acceptors (Lipinski definition) is 5. The molecule has 0 aliphatic rings. The Morgan fingerprint density at radius 2 is 2.04 bits per heavy atom. The lowest BCUT2D eigenvalue weighted by Crippen LogP contribution is -2.42. The fourth-order valence-electron chi connectivity index (χ4n) is 2.80. The molecule has 0 saturated carbocycles. The van der Waals surface area contributed by atoms with E-state index >= 15 is 0 Å². The van der Waals surface area contributed by atoms with E-state index in [0.29, 0.717) is 30.6 Å². The predicted octanol–water partition coefficient (Wildman–Crippen LogP) is 2.08. The van der Waals surface area contributed by atoms with Crippen LogP contribution in [0.1, 0.15) is 34.1 Å². The lowest BCUT2D eigenvalue weighted by Gasteiger charge is -2.30. The van der Waals surface area contributed by atoms with Gasteiger partial charge in [0.25, 0.3) is 5.56 Å². The van der Waals surface area contributed by atoms with E-state index in [9.17, 15) is 9.59 Å². The normalized spacial score (nSPS) is 11.8. The number of hydrogen-bond donors (Lipinski definition) is 1. The first-order valence-corrected chi connectivity index (χ1v) is 9.23. The number of amides is 1. The van der Waals surface area contributed by atoms with Crippen LogP contribution in [0.3, 0.4) is 0 Å². The van der Waals surface area contributed by atoms with E-state index < -0.39 is 0 Å². The van der Waals surface area contributed by atoms with Crippen molar-refractivity contribution in [3.63, 3.8) is 0 Å². The van der Waals surface area contributed by atoms with Gasteiger partial charge in [-0.25, -0.2) is 4.98 Å². The second kappa shape index (κ2) is 8.39. The van der Waals surface area contributed by atoms with Crippen LogP contribution in [-0.4, -0.2) is 45.5 Å². The quantitative estimate of drug-likeness (QED) is 0.791. The molecule has 24 heavy (non-hydrogen) atoms. The van der Waals surface area contributed by atoms with Gasteiger partial charge in [-0.3, -0.25) is 19.1 Å². The van der Waals surface area contributed by atoms with Crippen molar-refractivity contribution in [1.82, 2.24) is 19.8 Å². The SMILES string of the molecule is CC(C)N(CCNC(=O)CCn1cnc2sccc2c1=O)C(C)C. The molecular formula is C17H26N4O2S. The van der Waals surface area contributed by atoms with Crippen LogP contribution < -0.4 is 10.9 Å². The molecule has 0 fully saturated rings. The van der Waals surface area contributed by atoms with Crippen LogP contribution in [-0.2, 0) is 11.3 Å². The van der Waals surface area contributed by atoms with Gasteiger partial charge >= 0.3 is 0 Å². The van der Waals surface area contributed by atoms with Crippen LogP contribution in [0.5, 0.6) is 0 Å². The zero-order valence-electron chi connectivity index (χ0n) is 14.8. The highest BCUT2D eigenvalue weighted by Crippen LogP contribution is 2.13. The smallest absolute Gasteiger partial charge is 0.262 e. The number of carbonyl (C=O) groups is 1. The topological polar surface area (TPSA) is 67.2 Å². The summed E-state index contributed by atoms with van der Waals surface area (Å²) in [5.74, 6) is -0.0419. The summed E-state index contributed by atoms with van der Waals surface area (Å²) >= 11 is 1.44. The average molecular weight is 350 g/mol. The lowest BCUT2D eigenvalue weighted by atomic mass is 10.2. The molecule has 1 amide bonds. The molecule has 2 aromatic heterocycles. The van der Waals surface area contributed by atoms with Crippen LogP contribution in [0.25, 0.3) is 10.2 Å². The summed E-state index contributed by atoms with van der Waals surface area (Å²) in [5, 5.41) is 5.40. The van der Waals surface area contributed by atoms with Crippen molar-refractivity contribution in [3.05, 3.63) is 28.1 Å². The number of thiophene rings is 1. The molecule has 132 valence electrons. The first-order chi connectivity index (χ1) is 11.4. The largest absolute Gasteiger partial charge is 0.355 e. The Kier molecular flexibility index (Phi) is 6.51. The Morgan fingerprint density at radius 3 is 2.71 bits per heavy atom. The molecule has 0 saturated heterocycles. The number of fused-ring (bicyclic) bond motifs is 1. The van der Waals surface area contributed by atoms with Gasteiger partial charge in [0.05, 0.1) is 11.7 Å². The minimum Gasteiger partial charge on any atom is -0.355 e. The van der Waals surface area contributed by atoms with Gasteiger partial charge in [0.1, 0.15) is 4.83 Å². The maximum Gasteiger partial charge on any atom is 0.262 e. The molecule has 0 atom stereocenters. The molecule has 0 aliphatic heterocycles. The number of carbonyl (C=O) groups excluding carboxylic acids is 1. The Labute approximate surface area is 146 Å². The Morgan fingerprint density at radius 1 is 1.33 bits per heavy atom. The van der Waals surface area contributed by atoms with Gasteiger partial charge in [-0.15, -0.1) is 11.3 Å². The van der Waals surface area contributed by atoms with E-state index in [4.69, 9.17) is 0 Å². The van der Waals surface area contributed by atoms with Gasteiger partial charge in [-0.05, 0) is 39.1 Å². The summed E-state index contributed by atoms with van der Waals surface area (Å²) in [7, 11) is 0. The molecule has 0 unspecified atom stereocenters. The third kappa shape index (κ3) is 4.64. The van der Waals surface area contributed by atoms with Crippen molar-refractivity contribution in [1.29, 1.82) is 0 Å². The van der Waals surface area contributed by atoms with Crippen LogP contribution in [0, 0.1) is 0 Å². The highest BCUT2D eigenvalue weighted by molar-refractivity contribution is 7.16. The molecule has 0 aromatic carbocycles. The number of nitrogens with zero attached hydrogens (tertiary/aromatic N) is 3. The van der Waals surface area contributed by atoms with Gasteiger partial charge in [0, 0.05) is 38.1 Å². The van der Waals surface area contributed by atoms with Crippen LogP contribution in [0.15, 0.2) is 22.6 Å². The number of rotatable bonds is 8. The highest BCUT2D eigenvalue weighted by Gasteiger charge is 2.13. The van der Waals surface area contributed by atoms with Gasteiger partial charge in [-0.2, -0.15) is 0 Å². The standard InChI is InChI=1S/C17H26N4O2S/c1-12(2)21(13(3)4)9-7-18-15(22)5-8-20-11-19-16-14(17(20)23)6-10-24-16/h6,10-13H,5,7-9H2,1-4H3,(H,18,22). The fourth-order valence-corrected chi connectivity index (χ4v) is 3.52. The molecule has 7 heteroatoms. The molecule has 0 bridgehead atoms. The molecule has 2 aromatic rings. The molecule has 1 N–H and O–H groups in total. The van der Waals surface area contributed by atoms with Gasteiger partial charge in [0.2, 0.25) is 5.91 Å². The third-order valence-electron chi connectivity index (χ3n) is 4.05. The van der Waals surface area contributed by atoms with E-state index in [1.807, 2.05) is 5.38 Å². The predicted molar refractivity (Wildman–Crippen MR) is 98.5 cm³/mol. The molecule has 2 heterocycles. The number of nitrogens with one attached hydrogen (secondary N) is 1. The number of aromatic nitrogens is 2. The fraction of sp³-hybridized carbons (Fsp3) is 0.588. The van der Waals surface area contributed by atoms with E-state index in [0.717, 1.165) is 11.4 Å². The molecule has 0 spiro atoms. The zero-order valence-corrected chi connectivity index (χ0v) is 15.6. The van der Waals surface area contributed by atoms with E-state index in [2.05, 4.69) is 42.9 Å². The first kappa shape index (κ1) is 18.6. The van der Waals surface area contributed by atoms with Crippen molar-refractivity contribution < 1.29 is 4.79 Å². The first-order valence-electron chi connectivity index (χ1n) is 8.35. The van der Waals surface area contributed by atoms with E-state index in [1.165, 1.54) is 22.2 Å². The summed E-state index contributed by atoms with van der Waals surface area (Å²) in [4.78, 5) is 31.6. The summed E-state index contributed by atoms with van der Waals surface area (Å²) < 4.78 is 1.50. The van der Waals surface area contributed by atoms with E-state index in [1.54, 1.807) is 6.07 Å². The Balaban J connectivity index is 1.82. The summed E-state index contributed by atoms with van der Waals surface area (Å²) in [6, 6.07) is 2.67. The van der Waals surface area contributed by atoms with Crippen LogP contribution in [0.4, 0.5) is 0 Å². The molecule has 2 rings (SSSR count). The van der Waals surface area contributed by atoms with Crippen molar-refractivity contribution in [2.75, 3.05) is 13.1 Å². The molecular weight excluding hydrogens is 324 g/mol. The molecule has 0 aliphatic carbocycles. The summed E-state index contributed by atoms with van der Waals surface area (Å²) in [5.41, 5.74) is -0.0835.